The lowest BCUT2D eigenvalue weighted by molar-refractivity contribution is 0.0641. The molecule has 2 aliphatic heterocycles. The minimum Gasteiger partial charge on any atom is -0.447 e. The number of amides is 2. The van der Waals surface area contributed by atoms with Crippen LogP contribution in [0, 0.1) is 0 Å². The Morgan fingerprint density at radius 3 is 2.62 bits per heavy atom. The van der Waals surface area contributed by atoms with E-state index in [4.69, 9.17) is 4.74 Å². The van der Waals surface area contributed by atoms with Crippen LogP contribution in [-0.4, -0.2) is 47.1 Å². The number of likely N-dealkylation sites (tertiary alicyclic amines) is 1. The zero-order chi connectivity index (χ0) is 17.3. The number of carbonyl (C=O) groups excluding carboxylic acids is 2. The molecule has 1 aromatic heterocycles. The first-order valence-electron chi connectivity index (χ1n) is 8.68. The van der Waals surface area contributed by atoms with Crippen molar-refractivity contribution >= 4 is 12.0 Å². The topological polar surface area (TPSA) is 71.5 Å². The Balaban J connectivity index is 1.72. The number of carbonyl (C=O) groups is 2. The molecule has 3 rings (SSSR count). The number of alkyl carbamates (subject to hydrolysis) is 1. The van der Waals surface area contributed by atoms with Crippen molar-refractivity contribution in [3.05, 3.63) is 29.1 Å². The molecule has 1 aromatic rings. The molecule has 0 aromatic carbocycles. The summed E-state index contributed by atoms with van der Waals surface area (Å²) in [7, 11) is 0. The molecule has 0 atom stereocenters. The van der Waals surface area contributed by atoms with Crippen LogP contribution >= 0.6 is 0 Å². The summed E-state index contributed by atoms with van der Waals surface area (Å²) in [5.41, 5.74) is 2.29. The number of hydrogen-bond acceptors (Lipinski definition) is 4. The van der Waals surface area contributed by atoms with Gasteiger partial charge >= 0.3 is 6.09 Å². The summed E-state index contributed by atoms with van der Waals surface area (Å²) >= 11 is 0. The molecule has 2 aliphatic rings. The number of nitrogens with zero attached hydrogens (tertiary/aromatic N) is 2. The minimum atomic E-state index is -0.350. The first-order chi connectivity index (χ1) is 11.4. The molecular formula is C18H25N3O3. The number of cyclic esters (lactones) is 1. The predicted octanol–water partition coefficient (Wildman–Crippen LogP) is 2.48. The molecule has 0 saturated carbocycles. The number of piperidine rings is 1. The number of aromatic nitrogens is 1. The Kier molecular flexibility index (Phi) is 4.47. The molecule has 0 radical (unpaired) electrons. The second-order valence-electron chi connectivity index (χ2n) is 7.01. The first kappa shape index (κ1) is 16.7. The highest BCUT2D eigenvalue weighted by Gasteiger charge is 2.43. The van der Waals surface area contributed by atoms with E-state index in [2.05, 4.69) is 24.1 Å². The third-order valence-corrected chi connectivity index (χ3v) is 5.01. The zero-order valence-electron chi connectivity index (χ0n) is 14.6. The zero-order valence-corrected chi connectivity index (χ0v) is 14.6. The molecule has 3 heterocycles. The van der Waals surface area contributed by atoms with Crippen LogP contribution in [0.2, 0.25) is 0 Å². The maximum atomic E-state index is 12.9. The number of hydrogen-bond donors (Lipinski definition) is 1. The van der Waals surface area contributed by atoms with Gasteiger partial charge in [-0.3, -0.25) is 9.78 Å². The minimum absolute atomic E-state index is 0.0368. The van der Waals surface area contributed by atoms with Crippen molar-refractivity contribution in [3.63, 3.8) is 0 Å². The lowest BCUT2D eigenvalue weighted by atomic mass is 9.88. The Labute approximate surface area is 142 Å². The molecule has 0 aliphatic carbocycles. The van der Waals surface area contributed by atoms with E-state index in [-0.39, 0.29) is 17.5 Å². The highest BCUT2D eigenvalue weighted by atomic mass is 16.6. The molecule has 0 bridgehead atoms. The molecule has 1 spiro atoms. The molecular weight excluding hydrogens is 306 g/mol. The molecule has 130 valence electrons. The molecule has 24 heavy (non-hydrogen) atoms. The summed E-state index contributed by atoms with van der Waals surface area (Å²) in [5, 5.41) is 2.90. The fraction of sp³-hybridized carbons (Fsp3) is 0.611. The van der Waals surface area contributed by atoms with E-state index in [1.807, 2.05) is 24.0 Å². The SMILES string of the molecule is CCc1nc(C(C)C)ccc1C(=O)N1CCC2(CC1)COC(=O)N2. The number of nitrogens with one attached hydrogen (secondary N) is 1. The molecule has 6 heteroatoms. The molecule has 0 unspecified atom stereocenters. The van der Waals surface area contributed by atoms with Crippen molar-refractivity contribution in [1.29, 1.82) is 0 Å². The Morgan fingerprint density at radius 2 is 2.08 bits per heavy atom. The Hall–Kier alpha value is -2.11. The lowest BCUT2D eigenvalue weighted by Crippen LogP contribution is -2.53. The summed E-state index contributed by atoms with van der Waals surface area (Å²) in [4.78, 5) is 30.7. The normalized spacial score (nSPS) is 19.5. The van der Waals surface area contributed by atoms with Crippen LogP contribution in [0.1, 0.15) is 61.3 Å². The van der Waals surface area contributed by atoms with Gasteiger partial charge in [0, 0.05) is 18.8 Å². The van der Waals surface area contributed by atoms with Crippen LogP contribution in [-0.2, 0) is 11.2 Å². The van der Waals surface area contributed by atoms with Gasteiger partial charge in [-0.15, -0.1) is 0 Å². The van der Waals surface area contributed by atoms with E-state index >= 15 is 0 Å². The van der Waals surface area contributed by atoms with Crippen LogP contribution in [0.25, 0.3) is 0 Å². The fourth-order valence-electron chi connectivity index (χ4n) is 3.37. The highest BCUT2D eigenvalue weighted by Crippen LogP contribution is 2.28. The van der Waals surface area contributed by atoms with Crippen molar-refractivity contribution in [3.8, 4) is 0 Å². The second kappa shape index (κ2) is 6.42. The predicted molar refractivity (Wildman–Crippen MR) is 90.1 cm³/mol. The van der Waals surface area contributed by atoms with Gasteiger partial charge in [-0.05, 0) is 37.3 Å². The van der Waals surface area contributed by atoms with Gasteiger partial charge in [-0.2, -0.15) is 0 Å². The van der Waals surface area contributed by atoms with Crippen LogP contribution in [0.4, 0.5) is 4.79 Å². The van der Waals surface area contributed by atoms with Crippen LogP contribution in [0.3, 0.4) is 0 Å². The summed E-state index contributed by atoms with van der Waals surface area (Å²) in [6, 6.07) is 3.86. The molecule has 2 amide bonds. The van der Waals surface area contributed by atoms with Gasteiger partial charge in [0.1, 0.15) is 6.61 Å². The van der Waals surface area contributed by atoms with Crippen LogP contribution < -0.4 is 5.32 Å². The number of ether oxygens (including phenoxy) is 1. The van der Waals surface area contributed by atoms with Gasteiger partial charge in [0.05, 0.1) is 16.8 Å². The Bertz CT molecular complexity index is 649. The Morgan fingerprint density at radius 1 is 1.38 bits per heavy atom. The average molecular weight is 331 g/mol. The highest BCUT2D eigenvalue weighted by molar-refractivity contribution is 5.95. The van der Waals surface area contributed by atoms with E-state index in [0.29, 0.717) is 31.2 Å². The van der Waals surface area contributed by atoms with Crippen molar-refractivity contribution in [2.75, 3.05) is 19.7 Å². The third kappa shape index (κ3) is 3.09. The van der Waals surface area contributed by atoms with Crippen molar-refractivity contribution in [2.45, 2.75) is 51.5 Å². The fourth-order valence-corrected chi connectivity index (χ4v) is 3.37. The monoisotopic (exact) mass is 331 g/mol. The number of aryl methyl sites for hydroxylation is 1. The van der Waals surface area contributed by atoms with Crippen molar-refractivity contribution in [1.82, 2.24) is 15.2 Å². The van der Waals surface area contributed by atoms with E-state index in [9.17, 15) is 9.59 Å². The van der Waals surface area contributed by atoms with E-state index in [1.54, 1.807) is 0 Å². The molecule has 2 saturated heterocycles. The third-order valence-electron chi connectivity index (χ3n) is 5.01. The molecule has 1 N–H and O–H groups in total. The van der Waals surface area contributed by atoms with Gasteiger partial charge in [-0.25, -0.2) is 4.79 Å². The maximum absolute atomic E-state index is 12.9. The lowest BCUT2D eigenvalue weighted by Gasteiger charge is -2.37. The van der Waals surface area contributed by atoms with Gasteiger partial charge in [0.25, 0.3) is 5.91 Å². The van der Waals surface area contributed by atoms with Gasteiger partial charge in [0.2, 0.25) is 0 Å². The van der Waals surface area contributed by atoms with E-state index in [1.165, 1.54) is 0 Å². The first-order valence-corrected chi connectivity index (χ1v) is 8.68. The summed E-state index contributed by atoms with van der Waals surface area (Å²) in [6.45, 7) is 7.88. The van der Waals surface area contributed by atoms with Gasteiger partial charge in [-0.1, -0.05) is 20.8 Å². The van der Waals surface area contributed by atoms with Crippen molar-refractivity contribution in [2.24, 2.45) is 0 Å². The number of rotatable bonds is 3. The average Bonchev–Trinajstić information content (AvgIpc) is 2.94. The summed E-state index contributed by atoms with van der Waals surface area (Å²) < 4.78 is 5.04. The summed E-state index contributed by atoms with van der Waals surface area (Å²) in [5.74, 6) is 0.384. The second-order valence-corrected chi connectivity index (χ2v) is 7.01. The summed E-state index contributed by atoms with van der Waals surface area (Å²) in [6.07, 6.45) is 1.84. The van der Waals surface area contributed by atoms with E-state index in [0.717, 1.165) is 30.7 Å². The molecule has 2 fully saturated rings. The maximum Gasteiger partial charge on any atom is 0.407 e. The van der Waals surface area contributed by atoms with Crippen LogP contribution in [0.5, 0.6) is 0 Å². The largest absolute Gasteiger partial charge is 0.447 e. The smallest absolute Gasteiger partial charge is 0.407 e. The number of pyridine rings is 1. The van der Waals surface area contributed by atoms with Crippen molar-refractivity contribution < 1.29 is 14.3 Å². The van der Waals surface area contributed by atoms with Crippen LogP contribution in [0.15, 0.2) is 12.1 Å². The van der Waals surface area contributed by atoms with Gasteiger partial charge in [0.15, 0.2) is 0 Å². The standard InChI is InChI=1S/C18H25N3O3/c1-4-14-13(5-6-15(19-14)12(2)3)16(22)21-9-7-18(8-10-21)11-24-17(23)20-18/h5-6,12H,4,7-11H2,1-3H3,(H,20,23). The quantitative estimate of drug-likeness (QED) is 0.923. The van der Waals surface area contributed by atoms with E-state index < -0.39 is 0 Å². The van der Waals surface area contributed by atoms with Gasteiger partial charge < -0.3 is 15.0 Å². The molecule has 6 nitrogen and oxygen atoms in total.